The highest BCUT2D eigenvalue weighted by Gasteiger charge is 2.41. The summed E-state index contributed by atoms with van der Waals surface area (Å²) in [7, 11) is 1.33. The van der Waals surface area contributed by atoms with Gasteiger partial charge in [-0.25, -0.2) is 9.59 Å². The van der Waals surface area contributed by atoms with Crippen molar-refractivity contribution in [2.24, 2.45) is 0 Å². The van der Waals surface area contributed by atoms with Crippen LogP contribution in [-0.2, 0) is 27.3 Å². The van der Waals surface area contributed by atoms with Gasteiger partial charge in [0.05, 0.1) is 38.0 Å². The number of nitrogens with one attached hydrogen (secondary N) is 1. The Balaban J connectivity index is 1.37. The molecule has 1 saturated heterocycles. The van der Waals surface area contributed by atoms with Crippen LogP contribution in [0.5, 0.6) is 0 Å². The topological polar surface area (TPSA) is 105 Å². The van der Waals surface area contributed by atoms with Gasteiger partial charge in [-0.1, -0.05) is 36.4 Å². The summed E-state index contributed by atoms with van der Waals surface area (Å²) < 4.78 is 10.6. The van der Waals surface area contributed by atoms with Crippen LogP contribution < -0.4 is 5.32 Å². The molecule has 0 aromatic heterocycles. The van der Waals surface area contributed by atoms with Gasteiger partial charge in [-0.05, 0) is 48.1 Å². The summed E-state index contributed by atoms with van der Waals surface area (Å²) in [6.07, 6.45) is 1.58. The second-order valence-electron chi connectivity index (χ2n) is 8.46. The van der Waals surface area contributed by atoms with E-state index in [1.165, 1.54) is 12.7 Å². The lowest BCUT2D eigenvalue weighted by atomic mass is 9.87. The van der Waals surface area contributed by atoms with E-state index >= 15 is 0 Å². The molecule has 1 fully saturated rings. The highest BCUT2D eigenvalue weighted by atomic mass is 16.5. The third kappa shape index (κ3) is 5.17. The summed E-state index contributed by atoms with van der Waals surface area (Å²) in [4.78, 5) is 37.6. The third-order valence-electron chi connectivity index (χ3n) is 6.36. The van der Waals surface area contributed by atoms with E-state index in [0.29, 0.717) is 12.0 Å². The first-order chi connectivity index (χ1) is 16.0. The van der Waals surface area contributed by atoms with Crippen LogP contribution in [0.2, 0.25) is 0 Å². The molecule has 1 aliphatic carbocycles. The van der Waals surface area contributed by atoms with Crippen LogP contribution in [-0.4, -0.2) is 53.8 Å². The standard InChI is InChI=1S/C25H28N2O6/c1-32-24(29)18-11-9-16(10-12-18)15-33-19-13-22(27(14-19)25(30)31)23(28)26-21-8-4-6-17-5-2-3-7-20(17)21/h2-3,5,7,9-12,19,21-22H,4,6,8,13-15H2,1H3,(H,26,28)(H,30,31)/t19?,21-,22?/m1/s1. The average molecular weight is 453 g/mol. The smallest absolute Gasteiger partial charge is 0.408 e. The van der Waals surface area contributed by atoms with Crippen molar-refractivity contribution < 1.29 is 29.0 Å². The minimum Gasteiger partial charge on any atom is -0.465 e. The Bertz CT molecular complexity index is 1020. The molecule has 8 nitrogen and oxygen atoms in total. The number of methoxy groups -OCH3 is 1. The molecule has 174 valence electrons. The van der Waals surface area contributed by atoms with Crippen molar-refractivity contribution in [1.29, 1.82) is 0 Å². The Morgan fingerprint density at radius 3 is 2.61 bits per heavy atom. The Labute approximate surface area is 192 Å². The first kappa shape index (κ1) is 22.8. The first-order valence-electron chi connectivity index (χ1n) is 11.1. The zero-order valence-corrected chi connectivity index (χ0v) is 18.5. The number of carbonyl (C=O) groups is 3. The number of carboxylic acid groups (broad SMARTS) is 1. The van der Waals surface area contributed by atoms with Crippen LogP contribution in [0.15, 0.2) is 48.5 Å². The van der Waals surface area contributed by atoms with Crippen LogP contribution in [0.1, 0.15) is 52.4 Å². The fourth-order valence-electron chi connectivity index (χ4n) is 4.62. The second kappa shape index (κ2) is 10.0. The van der Waals surface area contributed by atoms with Gasteiger partial charge in [0, 0.05) is 6.42 Å². The molecule has 2 N–H and O–H groups in total. The Hall–Kier alpha value is -3.39. The predicted molar refractivity (Wildman–Crippen MR) is 120 cm³/mol. The molecule has 1 heterocycles. The van der Waals surface area contributed by atoms with E-state index in [9.17, 15) is 19.5 Å². The third-order valence-corrected chi connectivity index (χ3v) is 6.36. The second-order valence-corrected chi connectivity index (χ2v) is 8.46. The number of ether oxygens (including phenoxy) is 2. The summed E-state index contributed by atoms with van der Waals surface area (Å²) in [6.45, 7) is 0.388. The number of hydrogen-bond donors (Lipinski definition) is 2. The van der Waals surface area contributed by atoms with E-state index in [2.05, 4.69) is 11.4 Å². The number of carbonyl (C=O) groups excluding carboxylic acids is 2. The molecular weight excluding hydrogens is 424 g/mol. The molecule has 0 bridgehead atoms. The average Bonchev–Trinajstić information content (AvgIpc) is 3.28. The van der Waals surface area contributed by atoms with Crippen molar-refractivity contribution in [3.63, 3.8) is 0 Å². The molecular formula is C25H28N2O6. The van der Waals surface area contributed by atoms with Gasteiger partial charge in [-0.15, -0.1) is 0 Å². The Kier molecular flexibility index (Phi) is 6.93. The van der Waals surface area contributed by atoms with E-state index in [1.54, 1.807) is 24.3 Å². The molecule has 1 aliphatic heterocycles. The monoisotopic (exact) mass is 452 g/mol. The number of aryl methyl sites for hydroxylation is 1. The number of hydrogen-bond acceptors (Lipinski definition) is 5. The molecule has 2 aromatic rings. The van der Waals surface area contributed by atoms with Gasteiger partial charge >= 0.3 is 12.1 Å². The predicted octanol–water partition coefficient (Wildman–Crippen LogP) is 3.30. The highest BCUT2D eigenvalue weighted by molar-refractivity contribution is 5.89. The molecule has 2 amide bonds. The van der Waals surface area contributed by atoms with E-state index in [1.807, 2.05) is 18.2 Å². The van der Waals surface area contributed by atoms with Gasteiger partial charge in [0.2, 0.25) is 5.91 Å². The SMILES string of the molecule is COC(=O)c1ccc(COC2CC(C(=O)N[C@@H]3CCCc4ccccc43)N(C(=O)O)C2)cc1. The van der Waals surface area contributed by atoms with Crippen LogP contribution in [0.25, 0.3) is 0 Å². The number of esters is 1. The summed E-state index contributed by atoms with van der Waals surface area (Å²) in [5, 5.41) is 12.7. The lowest BCUT2D eigenvalue weighted by Crippen LogP contribution is -2.46. The van der Waals surface area contributed by atoms with Gasteiger partial charge in [0.1, 0.15) is 6.04 Å². The fraction of sp³-hybridized carbons (Fsp3) is 0.400. The Morgan fingerprint density at radius 1 is 1.12 bits per heavy atom. The van der Waals surface area contributed by atoms with E-state index in [0.717, 1.165) is 35.3 Å². The summed E-state index contributed by atoms with van der Waals surface area (Å²) in [6, 6.07) is 14.0. The largest absolute Gasteiger partial charge is 0.465 e. The van der Waals surface area contributed by atoms with E-state index < -0.39 is 24.2 Å². The van der Waals surface area contributed by atoms with Crippen molar-refractivity contribution in [2.75, 3.05) is 13.7 Å². The summed E-state index contributed by atoms with van der Waals surface area (Å²) >= 11 is 0. The Morgan fingerprint density at radius 2 is 1.88 bits per heavy atom. The van der Waals surface area contributed by atoms with Gasteiger partial charge < -0.3 is 19.9 Å². The molecule has 33 heavy (non-hydrogen) atoms. The number of nitrogens with zero attached hydrogens (tertiary/aromatic N) is 1. The molecule has 2 aromatic carbocycles. The molecule has 0 saturated carbocycles. The van der Waals surface area contributed by atoms with Crippen molar-refractivity contribution >= 4 is 18.0 Å². The molecule has 0 radical (unpaired) electrons. The quantitative estimate of drug-likeness (QED) is 0.652. The van der Waals surface area contributed by atoms with Crippen molar-refractivity contribution in [2.45, 2.75) is 50.5 Å². The maximum atomic E-state index is 13.1. The summed E-state index contributed by atoms with van der Waals surface area (Å²) in [5.41, 5.74) is 3.63. The van der Waals surface area contributed by atoms with Crippen molar-refractivity contribution in [3.05, 3.63) is 70.8 Å². The number of amides is 2. The molecule has 2 unspecified atom stereocenters. The number of likely N-dealkylation sites (tertiary alicyclic amines) is 1. The lowest BCUT2D eigenvalue weighted by molar-refractivity contribution is -0.126. The van der Waals surface area contributed by atoms with Gasteiger partial charge in [0.25, 0.3) is 0 Å². The maximum Gasteiger partial charge on any atom is 0.408 e. The zero-order chi connectivity index (χ0) is 23.4. The highest BCUT2D eigenvalue weighted by Crippen LogP contribution is 2.30. The van der Waals surface area contributed by atoms with Crippen molar-refractivity contribution in [1.82, 2.24) is 10.2 Å². The zero-order valence-electron chi connectivity index (χ0n) is 18.5. The minimum absolute atomic E-state index is 0.105. The van der Waals surface area contributed by atoms with Gasteiger partial charge in [-0.2, -0.15) is 0 Å². The van der Waals surface area contributed by atoms with Crippen LogP contribution in [0.3, 0.4) is 0 Å². The fourth-order valence-corrected chi connectivity index (χ4v) is 4.62. The van der Waals surface area contributed by atoms with Crippen LogP contribution in [0, 0.1) is 0 Å². The first-order valence-corrected chi connectivity index (χ1v) is 11.1. The number of benzene rings is 2. The van der Waals surface area contributed by atoms with Crippen LogP contribution in [0.4, 0.5) is 4.79 Å². The minimum atomic E-state index is -1.13. The normalized spacial score (nSPS) is 21.8. The van der Waals surface area contributed by atoms with E-state index in [4.69, 9.17) is 9.47 Å². The van der Waals surface area contributed by atoms with Gasteiger partial charge in [-0.3, -0.25) is 9.69 Å². The molecule has 3 atom stereocenters. The van der Waals surface area contributed by atoms with Crippen molar-refractivity contribution in [3.8, 4) is 0 Å². The lowest BCUT2D eigenvalue weighted by Gasteiger charge is -2.29. The van der Waals surface area contributed by atoms with E-state index in [-0.39, 0.29) is 25.1 Å². The van der Waals surface area contributed by atoms with Gasteiger partial charge in [0.15, 0.2) is 0 Å². The number of fused-ring (bicyclic) bond motifs is 1. The molecule has 0 spiro atoms. The van der Waals surface area contributed by atoms with Crippen LogP contribution >= 0.6 is 0 Å². The molecule has 4 rings (SSSR count). The maximum absolute atomic E-state index is 13.1. The molecule has 2 aliphatic rings. The number of rotatable bonds is 6. The molecule has 8 heteroatoms. The summed E-state index contributed by atoms with van der Waals surface area (Å²) in [5.74, 6) is -0.697.